The van der Waals surface area contributed by atoms with E-state index in [2.05, 4.69) is 58.2 Å². The van der Waals surface area contributed by atoms with Gasteiger partial charge in [0.05, 0.1) is 25.4 Å². The number of nitrogens with two attached hydrogens (primary N) is 3. The molecular weight excluding hydrogens is 1500 g/mol. The molecule has 2 aromatic carbocycles. The number of guanidine groups is 1. The Labute approximate surface area is 650 Å². The molecule has 23 N–H and O–H groups in total. The van der Waals surface area contributed by atoms with Gasteiger partial charge in [-0.15, -0.1) is 0 Å². The summed E-state index contributed by atoms with van der Waals surface area (Å²) in [6.45, 7) is 15.5. The third-order valence-corrected chi connectivity index (χ3v) is 16.6. The number of alkyl halides is 3. The van der Waals surface area contributed by atoms with Gasteiger partial charge in [0.15, 0.2) is 24.2 Å². The molecule has 1 aliphatic rings. The smallest absolute Gasteiger partial charge is 0.475 e. The summed E-state index contributed by atoms with van der Waals surface area (Å²) in [6, 6.07) is -3.58. The van der Waals surface area contributed by atoms with E-state index in [9.17, 15) is 86.3 Å². The fourth-order valence-corrected chi connectivity index (χ4v) is 10.4. The second-order valence-corrected chi connectivity index (χ2v) is 28.6. The third kappa shape index (κ3) is 35.5. The number of rotatable bonds is 27. The van der Waals surface area contributed by atoms with E-state index in [0.717, 1.165) is 6.92 Å². The van der Waals surface area contributed by atoms with Gasteiger partial charge in [-0.2, -0.15) is 13.2 Å². The number of nitrogens with zero attached hydrogens (tertiary/aromatic N) is 1. The number of nitrogens with one attached hydrogen (secondary N) is 12. The van der Waals surface area contributed by atoms with Gasteiger partial charge in [-0.3, -0.25) is 57.7 Å². The number of esters is 1. The van der Waals surface area contributed by atoms with Gasteiger partial charge in [0.1, 0.15) is 66.6 Å². The lowest BCUT2D eigenvalue weighted by molar-refractivity contribution is -0.192. The number of aliphatic carboxylic acids is 1. The van der Waals surface area contributed by atoms with Crippen LogP contribution in [0, 0.1) is 23.7 Å². The van der Waals surface area contributed by atoms with Crippen LogP contribution in [0.5, 0.6) is 0 Å². The normalized spacial score (nSPS) is 21.9. The minimum absolute atomic E-state index is 0.0124. The first-order valence-electron chi connectivity index (χ1n) is 36.1. The monoisotopic (exact) mass is 1610 g/mol. The fourth-order valence-electron chi connectivity index (χ4n) is 10.4. The SMILES string of the molecule is CC[C@H](C)C1NC(=O)[C@@H](CCCN=C(N)N)NC(=O)[C@H](CC(C)C)NC(=O)[C@H]([C@H](O)C(C)C)NC(=O)[C@@H](NC(=O)[C@H](CC(C)C)NC(=O)C(CCNC(=O)OCc2ccccc2)NC(=O)OC(C)(C)C)[C@@H](c2ccccc2)OC(=O)[C@H](CO)NC(=O)[C@H]([C@H](O)C(N)=O)NC(=O)CNC(=O)C([C@H](C)O)NC1=O.O=C(O)C(F)(F)F. The zero-order chi connectivity index (χ0) is 85.9. The Morgan fingerprint density at radius 1 is 0.646 bits per heavy atom. The van der Waals surface area contributed by atoms with Crippen LogP contribution in [0.1, 0.15) is 139 Å². The molecule has 1 heterocycles. The lowest BCUT2D eigenvalue weighted by Gasteiger charge is -2.34. The van der Waals surface area contributed by atoms with Crippen molar-refractivity contribution in [1.82, 2.24) is 63.8 Å². The van der Waals surface area contributed by atoms with Crippen LogP contribution in [0.4, 0.5) is 22.8 Å². The molecular formula is C71H109F3N16O23. The summed E-state index contributed by atoms with van der Waals surface area (Å²) in [5.41, 5.74) is 15.9. The van der Waals surface area contributed by atoms with Crippen LogP contribution >= 0.6 is 0 Å². The highest BCUT2D eigenvalue weighted by Crippen LogP contribution is 2.25. The van der Waals surface area contributed by atoms with Crippen molar-refractivity contribution in [2.45, 2.75) is 225 Å². The molecule has 0 saturated carbocycles. The average molecular weight is 1610 g/mol. The van der Waals surface area contributed by atoms with E-state index in [1.807, 2.05) is 10.6 Å². The Hall–Kier alpha value is -11.0. The lowest BCUT2D eigenvalue weighted by Crippen LogP contribution is -2.64. The summed E-state index contributed by atoms with van der Waals surface area (Å²) in [7, 11) is 0. The molecule has 2 aromatic rings. The predicted molar refractivity (Wildman–Crippen MR) is 395 cm³/mol. The summed E-state index contributed by atoms with van der Waals surface area (Å²) in [5, 5.41) is 80.5. The predicted octanol–water partition coefficient (Wildman–Crippen LogP) is -2.96. The van der Waals surface area contributed by atoms with E-state index in [4.69, 9.17) is 41.3 Å². The second kappa shape index (κ2) is 47.4. The quantitative estimate of drug-likeness (QED) is 0.0140. The first-order valence-corrected chi connectivity index (χ1v) is 36.1. The number of amides is 13. The maximum atomic E-state index is 15.7. The summed E-state index contributed by atoms with van der Waals surface area (Å²) in [6.07, 6.45) is -16.3. The van der Waals surface area contributed by atoms with Crippen LogP contribution in [-0.4, -0.2) is 237 Å². The Morgan fingerprint density at radius 2 is 1.19 bits per heavy atom. The molecule has 13 amide bonds. The van der Waals surface area contributed by atoms with Crippen LogP contribution in [0.2, 0.25) is 0 Å². The van der Waals surface area contributed by atoms with E-state index in [1.54, 1.807) is 92.6 Å². The molecule has 0 aliphatic carbocycles. The Kier molecular flexibility index (Phi) is 41.1. The van der Waals surface area contributed by atoms with Crippen molar-refractivity contribution in [3.8, 4) is 0 Å². The molecule has 632 valence electrons. The molecule has 1 aliphatic heterocycles. The molecule has 39 nitrogen and oxygen atoms in total. The van der Waals surface area contributed by atoms with Crippen LogP contribution < -0.4 is 81.0 Å². The Balaban J connectivity index is 0.00000588. The molecule has 3 rings (SSSR count). The minimum Gasteiger partial charge on any atom is -0.475 e. The summed E-state index contributed by atoms with van der Waals surface area (Å²) in [4.78, 5) is 212. The number of carboxylic acids is 1. The summed E-state index contributed by atoms with van der Waals surface area (Å²) >= 11 is 0. The van der Waals surface area contributed by atoms with Gasteiger partial charge in [0, 0.05) is 13.1 Å². The van der Waals surface area contributed by atoms with E-state index >= 15 is 14.4 Å². The number of aliphatic imine (C=N–C) groups is 1. The van der Waals surface area contributed by atoms with Gasteiger partial charge >= 0.3 is 30.3 Å². The van der Waals surface area contributed by atoms with E-state index < -0.39 is 223 Å². The van der Waals surface area contributed by atoms with E-state index in [-0.39, 0.29) is 69.7 Å². The van der Waals surface area contributed by atoms with Crippen molar-refractivity contribution in [2.75, 3.05) is 26.2 Å². The number of cyclic esters (lactones) is 1. The van der Waals surface area contributed by atoms with Crippen molar-refractivity contribution in [2.24, 2.45) is 45.9 Å². The van der Waals surface area contributed by atoms with Crippen molar-refractivity contribution in [1.29, 1.82) is 0 Å². The molecule has 0 aromatic heterocycles. The largest absolute Gasteiger partial charge is 0.490 e. The van der Waals surface area contributed by atoms with Crippen molar-refractivity contribution in [3.05, 3.63) is 71.8 Å². The molecule has 1 fully saturated rings. The van der Waals surface area contributed by atoms with E-state index in [1.165, 1.54) is 44.2 Å². The number of aliphatic hydroxyl groups excluding tert-OH is 4. The first-order chi connectivity index (χ1) is 52.6. The molecule has 0 bridgehead atoms. The highest BCUT2D eigenvalue weighted by atomic mass is 19.4. The number of benzene rings is 2. The maximum Gasteiger partial charge on any atom is 0.490 e. The molecule has 3 unspecified atom stereocenters. The van der Waals surface area contributed by atoms with E-state index in [0.29, 0.717) is 5.56 Å². The highest BCUT2D eigenvalue weighted by molar-refractivity contribution is 6.00. The number of primary amides is 1. The molecule has 113 heavy (non-hydrogen) atoms. The lowest BCUT2D eigenvalue weighted by atomic mass is 9.95. The standard InChI is InChI=1S/C69H108N16O21.C2HF3O2/c1-13-37(8)47-61(97)83-48(38(9)87)60(96)75-31-46(88)81-50(53(90)55(70)91)63(99)79-45(32-86)65(101)105-54(40-23-18-15-19-24-40)51(64(100)84-49(52(89)36(6)7)62(98)78-43(29-34(2)3)58(94)76-41(57(93)82-47)25-20-27-73-66(71)72)85-59(95)44(30-35(4)5)77-56(92)42(80-68(103)106-69(10,11)12)26-28-74-67(102)104-33-39-21-16-14-17-22-39;3-2(4,5)1(6)7/h14-19,21-24,34-38,41-45,47-54,86-87,89-90H,13,20,25-33H2,1-12H3,(H2,70,91)(H,74,102)(H,75,96)(H,76,94)(H,77,92)(H,78,98)(H,79,99)(H,80,103)(H,81,88)(H,82,93)(H,83,97)(H,84,100)(H,85,95)(H4,71,72,73);(H,6,7)/t37-,38-,41+,42?,43-,44-,45-,47?,48?,49-,50-,51-,52+,53-,54+;/m0./s1. The zero-order valence-electron chi connectivity index (χ0n) is 64.8. The van der Waals surface area contributed by atoms with Crippen molar-refractivity contribution >= 4 is 95.1 Å². The molecule has 0 radical (unpaired) electrons. The topological polar surface area (TPSA) is 620 Å². The van der Waals surface area contributed by atoms with Gasteiger partial charge in [0.2, 0.25) is 65.0 Å². The van der Waals surface area contributed by atoms with Crippen LogP contribution in [0.15, 0.2) is 65.7 Å². The minimum atomic E-state index is -5.08. The number of carbonyl (C=O) groups excluding carboxylic acids is 14. The first kappa shape index (κ1) is 98.1. The van der Waals surface area contributed by atoms with Crippen molar-refractivity contribution < 1.29 is 125 Å². The highest BCUT2D eigenvalue weighted by Gasteiger charge is 2.45. The number of ether oxygens (including phenoxy) is 3. The number of carbonyl (C=O) groups is 15. The van der Waals surface area contributed by atoms with Gasteiger partial charge in [-0.25, -0.2) is 19.2 Å². The summed E-state index contributed by atoms with van der Waals surface area (Å²) < 4.78 is 48.5. The average Bonchev–Trinajstić information content (AvgIpc) is 0.810. The number of alkyl carbamates (subject to hydrolysis) is 2. The molecule has 0 spiro atoms. The van der Waals surface area contributed by atoms with Crippen LogP contribution in [0.25, 0.3) is 0 Å². The number of halogens is 3. The Bertz CT molecular complexity index is 3570. The number of hydrogen-bond donors (Lipinski definition) is 20. The van der Waals surface area contributed by atoms with Crippen LogP contribution in [0.3, 0.4) is 0 Å². The van der Waals surface area contributed by atoms with Crippen molar-refractivity contribution in [3.63, 3.8) is 0 Å². The molecule has 1 saturated heterocycles. The van der Waals surface area contributed by atoms with Gasteiger partial charge < -0.3 is 121 Å². The fraction of sp³-hybridized carbons (Fsp3) is 0.606. The van der Waals surface area contributed by atoms with Gasteiger partial charge in [0.25, 0.3) is 0 Å². The molecule has 42 heteroatoms. The third-order valence-electron chi connectivity index (χ3n) is 16.6. The van der Waals surface area contributed by atoms with Crippen LogP contribution in [-0.2, 0) is 83.1 Å². The maximum absolute atomic E-state index is 15.7. The number of aliphatic hydroxyl groups is 4. The molecule has 15 atom stereocenters. The summed E-state index contributed by atoms with van der Waals surface area (Å²) in [5.74, 6) is -21.2. The second-order valence-electron chi connectivity index (χ2n) is 28.6. The number of hydrogen-bond acceptors (Lipinski definition) is 23. The van der Waals surface area contributed by atoms with Gasteiger partial charge in [-0.05, 0) is 94.6 Å². The number of carboxylic acid groups (broad SMARTS) is 1. The van der Waals surface area contributed by atoms with Gasteiger partial charge in [-0.1, -0.05) is 122 Å². The zero-order valence-corrected chi connectivity index (χ0v) is 64.8. The Morgan fingerprint density at radius 3 is 1.71 bits per heavy atom.